The van der Waals surface area contributed by atoms with Crippen molar-refractivity contribution in [3.8, 4) is 0 Å². The molecule has 0 aliphatic carbocycles. The monoisotopic (exact) mass is 235 g/mol. The first-order valence-electron chi connectivity index (χ1n) is 5.37. The van der Waals surface area contributed by atoms with Crippen molar-refractivity contribution >= 4 is 11.9 Å². The van der Waals surface area contributed by atoms with Crippen molar-refractivity contribution in [2.75, 3.05) is 7.11 Å². The van der Waals surface area contributed by atoms with Gasteiger partial charge in [-0.05, 0) is 25.0 Å². The van der Waals surface area contributed by atoms with Gasteiger partial charge in [0.1, 0.15) is 0 Å². The van der Waals surface area contributed by atoms with Crippen molar-refractivity contribution in [2.45, 2.75) is 26.8 Å². The van der Waals surface area contributed by atoms with Gasteiger partial charge >= 0.3 is 5.97 Å². The SMILES string of the molecule is COC(=O)C(NC(C)=O)c1ccc(C)cc1C. The van der Waals surface area contributed by atoms with Gasteiger partial charge in [0.15, 0.2) is 6.04 Å². The van der Waals surface area contributed by atoms with Crippen LogP contribution in [0.25, 0.3) is 0 Å². The highest BCUT2D eigenvalue weighted by Gasteiger charge is 2.23. The molecule has 0 aromatic heterocycles. The number of carbonyl (C=O) groups is 2. The van der Waals surface area contributed by atoms with E-state index in [2.05, 4.69) is 5.32 Å². The number of hydrogen-bond donors (Lipinski definition) is 1. The normalized spacial score (nSPS) is 11.8. The van der Waals surface area contributed by atoms with Crippen LogP contribution in [0, 0.1) is 13.8 Å². The van der Waals surface area contributed by atoms with Crippen LogP contribution in [0.15, 0.2) is 18.2 Å². The summed E-state index contributed by atoms with van der Waals surface area (Å²) in [4.78, 5) is 22.8. The van der Waals surface area contributed by atoms with E-state index in [9.17, 15) is 9.59 Å². The summed E-state index contributed by atoms with van der Waals surface area (Å²) >= 11 is 0. The van der Waals surface area contributed by atoms with E-state index in [1.165, 1.54) is 14.0 Å². The van der Waals surface area contributed by atoms with E-state index in [1.54, 1.807) is 0 Å². The smallest absolute Gasteiger partial charge is 0.333 e. The lowest BCUT2D eigenvalue weighted by Gasteiger charge is -2.18. The molecule has 0 bridgehead atoms. The van der Waals surface area contributed by atoms with Gasteiger partial charge in [0, 0.05) is 6.92 Å². The van der Waals surface area contributed by atoms with Gasteiger partial charge in [-0.15, -0.1) is 0 Å². The Morgan fingerprint density at radius 3 is 2.41 bits per heavy atom. The Balaban J connectivity index is 3.12. The Kier molecular flexibility index (Phi) is 4.26. The summed E-state index contributed by atoms with van der Waals surface area (Å²) in [6.45, 7) is 5.25. The molecule has 0 spiro atoms. The van der Waals surface area contributed by atoms with Crippen molar-refractivity contribution in [3.63, 3.8) is 0 Å². The Morgan fingerprint density at radius 1 is 1.29 bits per heavy atom. The molecule has 1 unspecified atom stereocenters. The zero-order chi connectivity index (χ0) is 13.0. The van der Waals surface area contributed by atoms with Crippen LogP contribution in [0.5, 0.6) is 0 Å². The summed E-state index contributed by atoms with van der Waals surface area (Å²) in [6.07, 6.45) is 0. The number of ether oxygens (including phenoxy) is 1. The number of amides is 1. The Bertz CT molecular complexity index is 440. The molecule has 0 saturated carbocycles. The molecular formula is C13H17NO3. The summed E-state index contributed by atoms with van der Waals surface area (Å²) in [5.74, 6) is -0.729. The topological polar surface area (TPSA) is 55.4 Å². The van der Waals surface area contributed by atoms with E-state index >= 15 is 0 Å². The number of esters is 1. The van der Waals surface area contributed by atoms with E-state index in [0.717, 1.165) is 16.7 Å². The lowest BCUT2D eigenvalue weighted by molar-refractivity contribution is -0.145. The van der Waals surface area contributed by atoms with Crippen LogP contribution < -0.4 is 5.32 Å². The maximum Gasteiger partial charge on any atom is 0.333 e. The Labute approximate surface area is 101 Å². The molecule has 0 radical (unpaired) electrons. The molecule has 4 nitrogen and oxygen atoms in total. The highest BCUT2D eigenvalue weighted by Crippen LogP contribution is 2.20. The van der Waals surface area contributed by atoms with Crippen LogP contribution in [0.4, 0.5) is 0 Å². The molecule has 1 atom stereocenters. The zero-order valence-corrected chi connectivity index (χ0v) is 10.5. The molecule has 0 aliphatic rings. The lowest BCUT2D eigenvalue weighted by Crippen LogP contribution is -2.33. The summed E-state index contributed by atoms with van der Waals surface area (Å²) in [6, 6.07) is 4.97. The molecule has 0 heterocycles. The third-order valence-corrected chi connectivity index (χ3v) is 2.52. The lowest BCUT2D eigenvalue weighted by atomic mass is 9.99. The van der Waals surface area contributed by atoms with Crippen LogP contribution in [0.1, 0.15) is 29.7 Å². The van der Waals surface area contributed by atoms with Crippen LogP contribution in [-0.2, 0) is 14.3 Å². The van der Waals surface area contributed by atoms with Crippen LogP contribution in [0.2, 0.25) is 0 Å². The van der Waals surface area contributed by atoms with Crippen molar-refractivity contribution in [3.05, 3.63) is 34.9 Å². The maximum atomic E-state index is 11.6. The largest absolute Gasteiger partial charge is 0.467 e. The van der Waals surface area contributed by atoms with Gasteiger partial charge in [-0.25, -0.2) is 4.79 Å². The number of aryl methyl sites for hydroxylation is 2. The highest BCUT2D eigenvalue weighted by atomic mass is 16.5. The number of carbonyl (C=O) groups excluding carboxylic acids is 2. The average molecular weight is 235 g/mol. The average Bonchev–Trinajstić information content (AvgIpc) is 2.25. The first-order chi connectivity index (χ1) is 7.95. The van der Waals surface area contributed by atoms with Crippen LogP contribution in [-0.4, -0.2) is 19.0 Å². The molecule has 1 N–H and O–H groups in total. The zero-order valence-electron chi connectivity index (χ0n) is 10.5. The summed E-state index contributed by atoms with van der Waals surface area (Å²) in [7, 11) is 1.31. The second kappa shape index (κ2) is 5.48. The molecule has 1 aromatic rings. The van der Waals surface area contributed by atoms with Crippen LogP contribution >= 0.6 is 0 Å². The molecule has 92 valence electrons. The minimum Gasteiger partial charge on any atom is -0.467 e. The van der Waals surface area contributed by atoms with Crippen molar-refractivity contribution in [2.24, 2.45) is 0 Å². The van der Waals surface area contributed by atoms with Gasteiger partial charge in [-0.2, -0.15) is 0 Å². The minimum atomic E-state index is -0.738. The van der Waals surface area contributed by atoms with Gasteiger partial charge in [0.05, 0.1) is 7.11 Å². The second-order valence-corrected chi connectivity index (χ2v) is 4.02. The predicted molar refractivity (Wildman–Crippen MR) is 64.5 cm³/mol. The molecule has 0 fully saturated rings. The minimum absolute atomic E-state index is 0.264. The molecule has 0 aliphatic heterocycles. The first-order valence-corrected chi connectivity index (χ1v) is 5.37. The van der Waals surface area contributed by atoms with E-state index in [-0.39, 0.29) is 5.91 Å². The predicted octanol–water partition coefficient (Wildman–Crippen LogP) is 1.65. The number of benzene rings is 1. The third-order valence-electron chi connectivity index (χ3n) is 2.52. The molecule has 1 aromatic carbocycles. The fourth-order valence-electron chi connectivity index (χ4n) is 1.73. The van der Waals surface area contributed by atoms with E-state index in [1.807, 2.05) is 32.0 Å². The van der Waals surface area contributed by atoms with Crippen LogP contribution in [0.3, 0.4) is 0 Å². The van der Waals surface area contributed by atoms with Gasteiger partial charge in [-0.1, -0.05) is 23.8 Å². The first kappa shape index (κ1) is 13.2. The van der Waals surface area contributed by atoms with Crippen molar-refractivity contribution in [1.29, 1.82) is 0 Å². The van der Waals surface area contributed by atoms with E-state index in [0.29, 0.717) is 0 Å². The number of methoxy groups -OCH3 is 1. The number of rotatable bonds is 3. The molecule has 4 heteroatoms. The number of nitrogens with one attached hydrogen (secondary N) is 1. The Hall–Kier alpha value is -1.84. The summed E-state index contributed by atoms with van der Waals surface area (Å²) < 4.78 is 4.70. The molecule has 1 rings (SSSR count). The summed E-state index contributed by atoms with van der Waals surface area (Å²) in [5.41, 5.74) is 2.82. The van der Waals surface area contributed by atoms with Gasteiger partial charge in [-0.3, -0.25) is 4.79 Å². The quantitative estimate of drug-likeness (QED) is 0.810. The second-order valence-electron chi connectivity index (χ2n) is 4.02. The summed E-state index contributed by atoms with van der Waals surface area (Å²) in [5, 5.41) is 2.59. The molecule has 1 amide bonds. The Morgan fingerprint density at radius 2 is 1.94 bits per heavy atom. The molecular weight excluding hydrogens is 218 g/mol. The molecule has 0 saturated heterocycles. The van der Waals surface area contributed by atoms with Gasteiger partial charge < -0.3 is 10.1 Å². The van der Waals surface area contributed by atoms with Gasteiger partial charge in [0.2, 0.25) is 5.91 Å². The van der Waals surface area contributed by atoms with Crippen molar-refractivity contribution < 1.29 is 14.3 Å². The van der Waals surface area contributed by atoms with E-state index in [4.69, 9.17) is 4.74 Å². The highest BCUT2D eigenvalue weighted by molar-refractivity contribution is 5.84. The number of hydrogen-bond acceptors (Lipinski definition) is 3. The third kappa shape index (κ3) is 3.31. The van der Waals surface area contributed by atoms with Crippen molar-refractivity contribution in [1.82, 2.24) is 5.32 Å². The maximum absolute atomic E-state index is 11.6. The molecule has 17 heavy (non-hydrogen) atoms. The fourth-order valence-corrected chi connectivity index (χ4v) is 1.73. The van der Waals surface area contributed by atoms with E-state index < -0.39 is 12.0 Å². The fraction of sp³-hybridized carbons (Fsp3) is 0.385. The van der Waals surface area contributed by atoms with Gasteiger partial charge in [0.25, 0.3) is 0 Å². The standard InChI is InChI=1S/C13H17NO3/c1-8-5-6-11(9(2)7-8)12(13(16)17-4)14-10(3)15/h5-7,12H,1-4H3,(H,14,15).